The summed E-state index contributed by atoms with van der Waals surface area (Å²) < 4.78 is 0. The molecule has 10 aromatic carbocycles. The first-order chi connectivity index (χ1) is 30.9. The van der Waals surface area contributed by atoms with Crippen LogP contribution >= 0.6 is 0 Å². The highest BCUT2D eigenvalue weighted by Gasteiger charge is 2.36. The van der Waals surface area contributed by atoms with Crippen LogP contribution in [0.5, 0.6) is 0 Å². The van der Waals surface area contributed by atoms with Gasteiger partial charge in [0.25, 0.3) is 0 Å². The Morgan fingerprint density at radius 2 is 0.683 bits per heavy atom. The largest absolute Gasteiger partial charge is 0.356 e. The van der Waals surface area contributed by atoms with Crippen LogP contribution in [0.25, 0.3) is 66.4 Å². The van der Waals surface area contributed by atoms with Crippen LogP contribution in [0.15, 0.2) is 237 Å². The molecule has 300 valence electrons. The molecule has 0 radical (unpaired) electrons. The molecule has 0 unspecified atom stereocenters. The molecule has 0 amide bonds. The third-order valence-corrected chi connectivity index (χ3v) is 12.9. The Labute approximate surface area is 370 Å². The van der Waals surface area contributed by atoms with Crippen molar-refractivity contribution in [1.82, 2.24) is 0 Å². The fraction of sp³-hybridized carbons (Fsp3) is 0.0492. The molecular weight excluding hydrogens is 761 g/mol. The summed E-state index contributed by atoms with van der Waals surface area (Å²) in [4.78, 5) is 2.41. The number of rotatable bonds is 9. The minimum atomic E-state index is -0.209. The minimum Gasteiger partial charge on any atom is -0.356 e. The molecule has 0 heterocycles. The van der Waals surface area contributed by atoms with E-state index in [0.717, 1.165) is 28.4 Å². The van der Waals surface area contributed by atoms with Gasteiger partial charge in [-0.3, -0.25) is 0 Å². The van der Waals surface area contributed by atoms with Gasteiger partial charge in [0.1, 0.15) is 0 Å². The average molecular weight is 807 g/mol. The molecule has 2 heteroatoms. The maximum Gasteiger partial charge on any atom is 0.0468 e. The van der Waals surface area contributed by atoms with Crippen molar-refractivity contribution < 1.29 is 0 Å². The number of hydrogen-bond acceptors (Lipinski definition) is 2. The Balaban J connectivity index is 0.876. The van der Waals surface area contributed by atoms with Gasteiger partial charge in [0.05, 0.1) is 0 Å². The maximum absolute atomic E-state index is 3.71. The molecular formula is C61H46N2. The van der Waals surface area contributed by atoms with Crippen molar-refractivity contribution in [2.24, 2.45) is 0 Å². The van der Waals surface area contributed by atoms with Gasteiger partial charge in [0.15, 0.2) is 0 Å². The van der Waals surface area contributed by atoms with Crippen molar-refractivity contribution >= 4 is 39.2 Å². The molecule has 0 saturated carbocycles. The molecule has 0 aromatic heterocycles. The minimum absolute atomic E-state index is 0.209. The van der Waals surface area contributed by atoms with Crippen LogP contribution in [-0.2, 0) is 5.41 Å². The van der Waals surface area contributed by atoms with Gasteiger partial charge >= 0.3 is 0 Å². The van der Waals surface area contributed by atoms with Crippen LogP contribution in [0.3, 0.4) is 0 Å². The van der Waals surface area contributed by atoms with Gasteiger partial charge in [-0.2, -0.15) is 0 Å². The number of anilines is 5. The molecule has 0 bridgehead atoms. The molecule has 2 nitrogen and oxygen atoms in total. The molecule has 1 aliphatic rings. The normalized spacial score (nSPS) is 12.4. The lowest BCUT2D eigenvalue weighted by Crippen LogP contribution is -2.16. The fourth-order valence-electron chi connectivity index (χ4n) is 9.39. The SMILES string of the molecule is CC1(C)c2cc(Nc3ccc(-c4ccc(-c5ccccc5)cc4)cc3)ccc2-c2ccc(N(c3ccc(-c4ccc(-c5ccccc5)cc4)cc3)c3ccc4ccccc4c3)cc21. The Morgan fingerprint density at radius 1 is 0.302 bits per heavy atom. The first kappa shape index (κ1) is 38.0. The zero-order valence-corrected chi connectivity index (χ0v) is 35.5. The second kappa shape index (κ2) is 15.8. The molecule has 63 heavy (non-hydrogen) atoms. The van der Waals surface area contributed by atoms with Gasteiger partial charge in [-0.15, -0.1) is 0 Å². The molecule has 0 aliphatic heterocycles. The van der Waals surface area contributed by atoms with Crippen molar-refractivity contribution in [1.29, 1.82) is 0 Å². The molecule has 11 rings (SSSR count). The topological polar surface area (TPSA) is 15.3 Å². The zero-order chi connectivity index (χ0) is 42.3. The van der Waals surface area contributed by atoms with Gasteiger partial charge in [0, 0.05) is 33.9 Å². The lowest BCUT2D eigenvalue weighted by Gasteiger charge is -2.28. The van der Waals surface area contributed by atoms with Crippen molar-refractivity contribution in [3.8, 4) is 55.6 Å². The van der Waals surface area contributed by atoms with Crippen LogP contribution in [0.2, 0.25) is 0 Å². The van der Waals surface area contributed by atoms with E-state index in [9.17, 15) is 0 Å². The van der Waals surface area contributed by atoms with Crippen molar-refractivity contribution in [3.63, 3.8) is 0 Å². The predicted octanol–water partition coefficient (Wildman–Crippen LogP) is 17.0. The van der Waals surface area contributed by atoms with Crippen LogP contribution in [0, 0.1) is 0 Å². The van der Waals surface area contributed by atoms with E-state index in [1.54, 1.807) is 0 Å². The van der Waals surface area contributed by atoms with Crippen molar-refractivity contribution in [2.45, 2.75) is 19.3 Å². The van der Waals surface area contributed by atoms with E-state index in [-0.39, 0.29) is 5.41 Å². The van der Waals surface area contributed by atoms with E-state index >= 15 is 0 Å². The second-order valence-electron chi connectivity index (χ2n) is 17.1. The van der Waals surface area contributed by atoms with Crippen molar-refractivity contribution in [3.05, 3.63) is 248 Å². The van der Waals surface area contributed by atoms with E-state index in [4.69, 9.17) is 0 Å². The van der Waals surface area contributed by atoms with Crippen LogP contribution in [0.4, 0.5) is 28.4 Å². The quantitative estimate of drug-likeness (QED) is 0.156. The highest BCUT2D eigenvalue weighted by Crippen LogP contribution is 2.51. The highest BCUT2D eigenvalue weighted by atomic mass is 15.1. The summed E-state index contributed by atoms with van der Waals surface area (Å²) in [5, 5.41) is 6.16. The second-order valence-corrected chi connectivity index (χ2v) is 17.1. The third-order valence-electron chi connectivity index (χ3n) is 12.9. The molecule has 0 atom stereocenters. The van der Waals surface area contributed by atoms with Crippen LogP contribution in [-0.4, -0.2) is 0 Å². The fourth-order valence-corrected chi connectivity index (χ4v) is 9.39. The summed E-state index contributed by atoms with van der Waals surface area (Å²) >= 11 is 0. The highest BCUT2D eigenvalue weighted by molar-refractivity contribution is 5.91. The first-order valence-corrected chi connectivity index (χ1v) is 21.8. The zero-order valence-electron chi connectivity index (χ0n) is 35.5. The molecule has 1 aliphatic carbocycles. The summed E-state index contributed by atoms with van der Waals surface area (Å²) in [6.45, 7) is 4.72. The van der Waals surface area contributed by atoms with Gasteiger partial charge in [-0.1, -0.05) is 190 Å². The Kier molecular flexibility index (Phi) is 9.55. The van der Waals surface area contributed by atoms with E-state index < -0.39 is 0 Å². The van der Waals surface area contributed by atoms with Gasteiger partial charge < -0.3 is 10.2 Å². The number of hydrogen-bond donors (Lipinski definition) is 1. The number of benzene rings is 10. The maximum atomic E-state index is 3.71. The number of nitrogens with one attached hydrogen (secondary N) is 1. The van der Waals surface area contributed by atoms with E-state index in [1.165, 1.54) is 77.5 Å². The Hall–Kier alpha value is -7.94. The summed E-state index contributed by atoms with van der Waals surface area (Å²) in [5.41, 5.74) is 20.3. The van der Waals surface area contributed by atoms with E-state index in [1.807, 2.05) is 0 Å². The standard InChI is InChI=1S/C61H46N2/c1-61(2)59-40-53(62-52-30-25-49(26-31-52)47-21-17-45(18-22-47)42-11-5-3-6-12-42)32-37-57(59)58-38-36-56(41-60(58)61)63(55-35-29-44-15-9-10-16-51(44)39-55)54-33-27-50(28-34-54)48-23-19-46(20-24-48)43-13-7-4-8-14-43/h3-41,62H,1-2H3. The van der Waals surface area contributed by atoms with E-state index in [0.29, 0.717) is 0 Å². The molecule has 0 spiro atoms. The van der Waals surface area contributed by atoms with Crippen LogP contribution < -0.4 is 10.2 Å². The lowest BCUT2D eigenvalue weighted by atomic mass is 9.82. The molecule has 0 fully saturated rings. The summed E-state index contributed by atoms with van der Waals surface area (Å²) in [5.74, 6) is 0. The van der Waals surface area contributed by atoms with Gasteiger partial charge in [0.2, 0.25) is 0 Å². The summed E-state index contributed by atoms with van der Waals surface area (Å²) in [6, 6.07) is 85.9. The van der Waals surface area contributed by atoms with Gasteiger partial charge in [-0.25, -0.2) is 0 Å². The lowest BCUT2D eigenvalue weighted by molar-refractivity contribution is 0.660. The molecule has 1 N–H and O–H groups in total. The predicted molar refractivity (Wildman–Crippen MR) is 268 cm³/mol. The summed E-state index contributed by atoms with van der Waals surface area (Å²) in [7, 11) is 0. The first-order valence-electron chi connectivity index (χ1n) is 21.8. The third kappa shape index (κ3) is 7.26. The average Bonchev–Trinajstić information content (AvgIpc) is 3.57. The van der Waals surface area contributed by atoms with Crippen LogP contribution in [0.1, 0.15) is 25.0 Å². The molecule has 10 aromatic rings. The van der Waals surface area contributed by atoms with Crippen molar-refractivity contribution in [2.75, 3.05) is 10.2 Å². The monoisotopic (exact) mass is 806 g/mol. The Morgan fingerprint density at radius 3 is 1.24 bits per heavy atom. The number of fused-ring (bicyclic) bond motifs is 4. The molecule has 0 saturated heterocycles. The number of nitrogens with zero attached hydrogens (tertiary/aromatic N) is 1. The van der Waals surface area contributed by atoms with E-state index in [2.05, 4.69) is 261 Å². The Bertz CT molecular complexity index is 3220. The summed E-state index contributed by atoms with van der Waals surface area (Å²) in [6.07, 6.45) is 0. The van der Waals surface area contributed by atoms with Gasteiger partial charge in [-0.05, 0) is 138 Å². The smallest absolute Gasteiger partial charge is 0.0468 e.